The van der Waals surface area contributed by atoms with E-state index in [1.165, 1.54) is 0 Å². The molecule has 6 nitrogen and oxygen atoms in total. The molecular weight excluding hydrogens is 418 g/mol. The molecule has 33 heavy (non-hydrogen) atoms. The highest BCUT2D eigenvalue weighted by molar-refractivity contribution is 5.95. The number of para-hydroxylation sites is 2. The number of methoxy groups -OCH3 is 3. The smallest absolute Gasteiger partial charge is 0.254 e. The van der Waals surface area contributed by atoms with Gasteiger partial charge in [0, 0.05) is 12.1 Å². The van der Waals surface area contributed by atoms with Gasteiger partial charge in [0.25, 0.3) is 5.91 Å². The van der Waals surface area contributed by atoms with Crippen molar-refractivity contribution in [2.45, 2.75) is 19.4 Å². The van der Waals surface area contributed by atoms with Crippen LogP contribution in [0.25, 0.3) is 0 Å². The molecule has 0 N–H and O–H groups in total. The summed E-state index contributed by atoms with van der Waals surface area (Å²) in [6, 6.07) is 18.9. The summed E-state index contributed by atoms with van der Waals surface area (Å²) in [7, 11) is 4.86. The molecule has 3 aromatic carbocycles. The number of carbonyl (C=O) groups excluding carboxylic acids is 1. The molecule has 4 rings (SSSR count). The molecule has 1 aliphatic rings. The number of benzene rings is 3. The molecule has 6 heteroatoms. The summed E-state index contributed by atoms with van der Waals surface area (Å²) in [6.07, 6.45) is 0.721. The number of carbonyl (C=O) groups is 1. The molecule has 1 unspecified atom stereocenters. The maximum Gasteiger partial charge on any atom is 0.254 e. The lowest BCUT2D eigenvalue weighted by molar-refractivity contribution is 0.0587. The average molecular weight is 448 g/mol. The van der Waals surface area contributed by atoms with Crippen LogP contribution in [0.3, 0.4) is 0 Å². The monoisotopic (exact) mass is 447 g/mol. The van der Waals surface area contributed by atoms with E-state index in [9.17, 15) is 4.79 Å². The quantitative estimate of drug-likeness (QED) is 0.519. The van der Waals surface area contributed by atoms with Crippen LogP contribution in [0.1, 0.15) is 33.1 Å². The van der Waals surface area contributed by atoms with Gasteiger partial charge >= 0.3 is 0 Å². The predicted octanol–water partition coefficient (Wildman–Crippen LogP) is 4.84. The largest absolute Gasteiger partial charge is 0.493 e. The van der Waals surface area contributed by atoms with E-state index in [-0.39, 0.29) is 18.6 Å². The fourth-order valence-electron chi connectivity index (χ4n) is 4.30. The van der Waals surface area contributed by atoms with Gasteiger partial charge in [-0.15, -0.1) is 0 Å². The van der Waals surface area contributed by atoms with Gasteiger partial charge in [-0.2, -0.15) is 0 Å². The molecule has 1 heterocycles. The van der Waals surface area contributed by atoms with Crippen LogP contribution in [-0.4, -0.2) is 45.3 Å². The molecule has 0 bridgehead atoms. The zero-order chi connectivity index (χ0) is 23.4. The SMILES string of the molecule is COc1cc2c(cc1OC)C(COc1ccccc1OC)N(C(=O)c1cccc(C)c1)CC2. The van der Waals surface area contributed by atoms with E-state index in [1.54, 1.807) is 21.3 Å². The topological polar surface area (TPSA) is 57.2 Å². The van der Waals surface area contributed by atoms with Gasteiger partial charge in [-0.3, -0.25) is 4.79 Å². The van der Waals surface area contributed by atoms with E-state index in [1.807, 2.05) is 72.5 Å². The highest BCUT2D eigenvalue weighted by atomic mass is 16.5. The Labute approximate surface area is 194 Å². The van der Waals surface area contributed by atoms with Crippen molar-refractivity contribution in [1.29, 1.82) is 0 Å². The Morgan fingerprint density at radius 3 is 2.27 bits per heavy atom. The fourth-order valence-corrected chi connectivity index (χ4v) is 4.30. The predicted molar refractivity (Wildman–Crippen MR) is 127 cm³/mol. The molecule has 0 spiro atoms. The minimum absolute atomic E-state index is 0.0206. The lowest BCUT2D eigenvalue weighted by atomic mass is 9.91. The summed E-state index contributed by atoms with van der Waals surface area (Å²) in [4.78, 5) is 15.5. The molecule has 3 aromatic rings. The first-order valence-electron chi connectivity index (χ1n) is 10.9. The zero-order valence-electron chi connectivity index (χ0n) is 19.5. The maximum absolute atomic E-state index is 13.6. The second kappa shape index (κ2) is 9.86. The normalized spacial score (nSPS) is 14.9. The summed E-state index contributed by atoms with van der Waals surface area (Å²) in [5.74, 6) is 2.57. The van der Waals surface area contributed by atoms with Crippen LogP contribution in [0.5, 0.6) is 23.0 Å². The molecule has 0 aromatic heterocycles. The van der Waals surface area contributed by atoms with Gasteiger partial charge in [0.2, 0.25) is 0 Å². The molecule has 0 aliphatic carbocycles. The molecule has 172 valence electrons. The third kappa shape index (κ3) is 4.60. The van der Waals surface area contributed by atoms with Crippen LogP contribution in [0, 0.1) is 6.92 Å². The van der Waals surface area contributed by atoms with Crippen LogP contribution in [0.15, 0.2) is 60.7 Å². The highest BCUT2D eigenvalue weighted by Crippen LogP contribution is 2.39. The van der Waals surface area contributed by atoms with E-state index in [2.05, 4.69) is 0 Å². The van der Waals surface area contributed by atoms with Crippen molar-refractivity contribution in [3.05, 3.63) is 82.9 Å². The number of rotatable bonds is 7. The van der Waals surface area contributed by atoms with Crippen molar-refractivity contribution in [3.8, 4) is 23.0 Å². The number of nitrogens with zero attached hydrogens (tertiary/aromatic N) is 1. The summed E-state index contributed by atoms with van der Waals surface area (Å²) >= 11 is 0. The van der Waals surface area contributed by atoms with Gasteiger partial charge in [-0.25, -0.2) is 0 Å². The van der Waals surface area contributed by atoms with E-state index in [0.29, 0.717) is 35.1 Å². The second-order valence-corrected chi connectivity index (χ2v) is 8.00. The third-order valence-corrected chi connectivity index (χ3v) is 5.99. The van der Waals surface area contributed by atoms with Crippen molar-refractivity contribution in [3.63, 3.8) is 0 Å². The number of aryl methyl sites for hydroxylation is 1. The fraction of sp³-hybridized carbons (Fsp3) is 0.296. The van der Waals surface area contributed by atoms with Crippen LogP contribution in [0.2, 0.25) is 0 Å². The number of hydrogen-bond acceptors (Lipinski definition) is 5. The Balaban J connectivity index is 1.72. The van der Waals surface area contributed by atoms with Crippen LogP contribution in [-0.2, 0) is 6.42 Å². The molecule has 0 fully saturated rings. The lowest BCUT2D eigenvalue weighted by Gasteiger charge is -2.37. The van der Waals surface area contributed by atoms with Crippen molar-refractivity contribution in [2.75, 3.05) is 34.5 Å². The molecule has 0 saturated heterocycles. The summed E-state index contributed by atoms with van der Waals surface area (Å²) in [5.41, 5.74) is 3.83. The van der Waals surface area contributed by atoms with Gasteiger partial charge in [0.1, 0.15) is 6.61 Å². The van der Waals surface area contributed by atoms with E-state index in [4.69, 9.17) is 18.9 Å². The van der Waals surface area contributed by atoms with E-state index >= 15 is 0 Å². The molecule has 0 radical (unpaired) electrons. The minimum atomic E-state index is -0.300. The summed E-state index contributed by atoms with van der Waals surface area (Å²) < 4.78 is 22.7. The highest BCUT2D eigenvalue weighted by Gasteiger charge is 2.33. The van der Waals surface area contributed by atoms with Crippen molar-refractivity contribution in [2.24, 2.45) is 0 Å². The Kier molecular flexibility index (Phi) is 6.73. The first-order valence-corrected chi connectivity index (χ1v) is 10.9. The first kappa shape index (κ1) is 22.5. The van der Waals surface area contributed by atoms with Gasteiger partial charge in [-0.1, -0.05) is 29.8 Å². The van der Waals surface area contributed by atoms with Crippen LogP contribution < -0.4 is 18.9 Å². The van der Waals surface area contributed by atoms with Gasteiger partial charge in [0.15, 0.2) is 23.0 Å². The molecular formula is C27H29NO5. The Bertz CT molecular complexity index is 1140. The van der Waals surface area contributed by atoms with Crippen LogP contribution >= 0.6 is 0 Å². The lowest BCUT2D eigenvalue weighted by Crippen LogP contribution is -2.42. The number of ether oxygens (including phenoxy) is 4. The van der Waals surface area contributed by atoms with Crippen LogP contribution in [0.4, 0.5) is 0 Å². The average Bonchev–Trinajstić information content (AvgIpc) is 2.85. The second-order valence-electron chi connectivity index (χ2n) is 8.00. The molecule has 1 atom stereocenters. The van der Waals surface area contributed by atoms with Crippen molar-refractivity contribution >= 4 is 5.91 Å². The van der Waals surface area contributed by atoms with Crippen molar-refractivity contribution < 1.29 is 23.7 Å². The zero-order valence-corrected chi connectivity index (χ0v) is 19.5. The van der Waals surface area contributed by atoms with Gasteiger partial charge in [0.05, 0.1) is 27.4 Å². The number of amides is 1. The maximum atomic E-state index is 13.6. The number of fused-ring (bicyclic) bond motifs is 1. The van der Waals surface area contributed by atoms with Gasteiger partial charge in [-0.05, 0) is 60.9 Å². The Morgan fingerprint density at radius 1 is 0.879 bits per heavy atom. The Hall–Kier alpha value is -3.67. The first-order chi connectivity index (χ1) is 16.0. The van der Waals surface area contributed by atoms with E-state index < -0.39 is 0 Å². The van der Waals surface area contributed by atoms with Gasteiger partial charge < -0.3 is 23.8 Å². The van der Waals surface area contributed by atoms with Crippen molar-refractivity contribution in [1.82, 2.24) is 4.90 Å². The minimum Gasteiger partial charge on any atom is -0.493 e. The number of hydrogen-bond donors (Lipinski definition) is 0. The molecule has 0 saturated carbocycles. The molecule has 1 amide bonds. The van der Waals surface area contributed by atoms with E-state index in [0.717, 1.165) is 23.1 Å². The third-order valence-electron chi connectivity index (χ3n) is 5.99. The Morgan fingerprint density at radius 2 is 1.58 bits per heavy atom. The standard InChI is InChI=1S/C27H29NO5/c1-18-8-7-9-20(14-18)27(29)28-13-12-19-15-25(31-3)26(32-4)16-21(19)22(28)17-33-24-11-6-5-10-23(24)30-2/h5-11,14-16,22H,12-13,17H2,1-4H3. The summed E-state index contributed by atoms with van der Waals surface area (Å²) in [5, 5.41) is 0. The molecule has 1 aliphatic heterocycles. The summed E-state index contributed by atoms with van der Waals surface area (Å²) in [6.45, 7) is 2.84.